The molecule has 4 N–H and O–H groups in total. The molecule has 3 rings (SSSR count). The van der Waals surface area contributed by atoms with Crippen LogP contribution in [0.5, 0.6) is 0 Å². The van der Waals surface area contributed by atoms with Gasteiger partial charge in [-0.05, 0) is 19.4 Å². The number of hydrogen-bond acceptors (Lipinski definition) is 8. The zero-order valence-electron chi connectivity index (χ0n) is 17.0. The van der Waals surface area contributed by atoms with Crippen molar-refractivity contribution in [1.82, 2.24) is 14.5 Å². The summed E-state index contributed by atoms with van der Waals surface area (Å²) in [7, 11) is 0. The first-order valence-electron chi connectivity index (χ1n) is 10.1. The average Bonchev–Trinajstić information content (AvgIpc) is 3.20. The lowest BCUT2D eigenvalue weighted by atomic mass is 9.96. The van der Waals surface area contributed by atoms with E-state index in [2.05, 4.69) is 16.9 Å². The van der Waals surface area contributed by atoms with Crippen LogP contribution in [0, 0.1) is 0 Å². The zero-order valence-corrected chi connectivity index (χ0v) is 17.0. The molecule has 0 unspecified atom stereocenters. The van der Waals surface area contributed by atoms with Crippen molar-refractivity contribution in [2.75, 3.05) is 12.3 Å². The number of aliphatic hydroxyl groups is 2. The van der Waals surface area contributed by atoms with Gasteiger partial charge in [0.1, 0.15) is 42.2 Å². The molecule has 0 aromatic carbocycles. The second kappa shape index (κ2) is 9.06. The van der Waals surface area contributed by atoms with Crippen LogP contribution in [0.3, 0.4) is 0 Å². The third-order valence-electron chi connectivity index (χ3n) is 5.44. The van der Waals surface area contributed by atoms with Gasteiger partial charge in [0.25, 0.3) is 0 Å². The summed E-state index contributed by atoms with van der Waals surface area (Å²) in [6, 6.07) is 1.72. The molecule has 0 amide bonds. The molecule has 29 heavy (non-hydrogen) atoms. The monoisotopic (exact) mass is 406 g/mol. The fourth-order valence-corrected chi connectivity index (χ4v) is 3.68. The van der Waals surface area contributed by atoms with E-state index in [1.807, 2.05) is 0 Å². The number of carbonyl (C=O) groups is 1. The van der Waals surface area contributed by atoms with Gasteiger partial charge >= 0.3 is 5.97 Å². The minimum absolute atomic E-state index is 0.127. The van der Waals surface area contributed by atoms with Gasteiger partial charge in [0.2, 0.25) is 0 Å². The molecule has 160 valence electrons. The van der Waals surface area contributed by atoms with E-state index in [-0.39, 0.29) is 12.6 Å². The first-order chi connectivity index (χ1) is 13.9. The van der Waals surface area contributed by atoms with Gasteiger partial charge in [-0.15, -0.1) is 0 Å². The van der Waals surface area contributed by atoms with Gasteiger partial charge in [-0.25, -0.2) is 9.97 Å². The summed E-state index contributed by atoms with van der Waals surface area (Å²) in [6.07, 6.45) is 5.54. The van der Waals surface area contributed by atoms with Crippen molar-refractivity contribution in [3.05, 3.63) is 18.6 Å². The Balaban J connectivity index is 1.61. The smallest absolute Gasteiger partial charge is 0.305 e. The van der Waals surface area contributed by atoms with E-state index in [4.69, 9.17) is 15.2 Å². The molecule has 2 aromatic rings. The van der Waals surface area contributed by atoms with Crippen molar-refractivity contribution < 1.29 is 24.5 Å². The number of rotatable bonds is 9. The summed E-state index contributed by atoms with van der Waals surface area (Å²) in [6.45, 7) is 3.49. The molecule has 2 aromatic heterocycles. The molecular weight excluding hydrogens is 376 g/mol. The Morgan fingerprint density at radius 3 is 2.86 bits per heavy atom. The van der Waals surface area contributed by atoms with Gasteiger partial charge < -0.3 is 30.0 Å². The molecule has 0 saturated carbocycles. The standard InChI is InChI=1S/C20H30N4O5/c1-3-4-5-6-7-8-15(25)28-11-14-16(26)20(2,27)19(29-14)24-10-9-13-17(21)22-12-23-18(13)24/h9-10,12,14,16,19,26-27H,3-8,11H2,1-2H3,(H2,21,22,23)/t14-,16-,19-,20-/m1/s1. The molecule has 3 heterocycles. The fourth-order valence-electron chi connectivity index (χ4n) is 3.68. The topological polar surface area (TPSA) is 133 Å². The van der Waals surface area contributed by atoms with E-state index >= 15 is 0 Å². The van der Waals surface area contributed by atoms with Gasteiger partial charge in [0.15, 0.2) is 6.23 Å². The fraction of sp³-hybridized carbons (Fsp3) is 0.650. The first-order valence-corrected chi connectivity index (χ1v) is 10.1. The minimum atomic E-state index is -1.61. The first kappa shape index (κ1) is 21.5. The number of unbranched alkanes of at least 4 members (excludes halogenated alkanes) is 4. The lowest BCUT2D eigenvalue weighted by Crippen LogP contribution is -2.44. The number of aromatic nitrogens is 3. The number of hydrogen-bond donors (Lipinski definition) is 3. The molecule has 1 aliphatic rings. The van der Waals surface area contributed by atoms with Gasteiger partial charge in [-0.3, -0.25) is 4.79 Å². The molecule has 9 heteroatoms. The van der Waals surface area contributed by atoms with E-state index < -0.39 is 24.0 Å². The average molecular weight is 406 g/mol. The van der Waals surface area contributed by atoms with E-state index in [1.165, 1.54) is 13.3 Å². The molecule has 1 saturated heterocycles. The molecule has 1 aliphatic heterocycles. The highest BCUT2D eigenvalue weighted by molar-refractivity contribution is 5.86. The van der Waals surface area contributed by atoms with Crippen LogP contribution in [0.25, 0.3) is 11.0 Å². The van der Waals surface area contributed by atoms with Crippen LogP contribution < -0.4 is 5.73 Å². The molecular formula is C20H30N4O5. The lowest BCUT2D eigenvalue weighted by molar-refractivity contribution is -0.150. The number of nitrogen functional groups attached to an aromatic ring is 1. The van der Waals surface area contributed by atoms with Crippen molar-refractivity contribution in [2.45, 2.75) is 76.4 Å². The molecule has 0 radical (unpaired) electrons. The van der Waals surface area contributed by atoms with Crippen molar-refractivity contribution in [1.29, 1.82) is 0 Å². The molecule has 0 spiro atoms. The van der Waals surface area contributed by atoms with Crippen molar-refractivity contribution in [3.63, 3.8) is 0 Å². The Labute approximate surface area is 169 Å². The maximum absolute atomic E-state index is 12.0. The number of anilines is 1. The Morgan fingerprint density at radius 1 is 1.34 bits per heavy atom. The van der Waals surface area contributed by atoms with Crippen LogP contribution in [0.4, 0.5) is 5.82 Å². The van der Waals surface area contributed by atoms with E-state index in [0.29, 0.717) is 23.3 Å². The van der Waals surface area contributed by atoms with E-state index in [1.54, 1.807) is 16.8 Å². The van der Waals surface area contributed by atoms with Crippen LogP contribution in [-0.4, -0.2) is 55.1 Å². The highest BCUT2D eigenvalue weighted by Crippen LogP contribution is 2.40. The summed E-state index contributed by atoms with van der Waals surface area (Å²) in [5, 5.41) is 22.1. The normalized spacial score (nSPS) is 26.8. The molecule has 0 bridgehead atoms. The number of ether oxygens (including phenoxy) is 2. The summed E-state index contributed by atoms with van der Waals surface area (Å²) in [4.78, 5) is 20.1. The van der Waals surface area contributed by atoms with Gasteiger partial charge in [-0.1, -0.05) is 32.6 Å². The number of aliphatic hydroxyl groups excluding tert-OH is 1. The summed E-state index contributed by atoms with van der Waals surface area (Å²) < 4.78 is 12.8. The Morgan fingerprint density at radius 2 is 2.10 bits per heavy atom. The number of nitrogens with zero attached hydrogens (tertiary/aromatic N) is 3. The second-order valence-electron chi connectivity index (χ2n) is 7.76. The van der Waals surface area contributed by atoms with Gasteiger partial charge in [0, 0.05) is 12.6 Å². The molecule has 0 aliphatic carbocycles. The number of carbonyl (C=O) groups excluding carboxylic acids is 1. The maximum Gasteiger partial charge on any atom is 0.305 e. The van der Waals surface area contributed by atoms with Gasteiger partial charge in [0.05, 0.1) is 5.39 Å². The minimum Gasteiger partial charge on any atom is -0.463 e. The Bertz CT molecular complexity index is 837. The quantitative estimate of drug-likeness (QED) is 0.425. The van der Waals surface area contributed by atoms with Crippen molar-refractivity contribution in [2.24, 2.45) is 0 Å². The molecule has 9 nitrogen and oxygen atoms in total. The maximum atomic E-state index is 12.0. The number of nitrogens with two attached hydrogens (primary N) is 1. The largest absolute Gasteiger partial charge is 0.463 e. The Kier molecular flexibility index (Phi) is 6.71. The third kappa shape index (κ3) is 4.52. The predicted octanol–water partition coefficient (Wildman–Crippen LogP) is 1.93. The number of fused-ring (bicyclic) bond motifs is 1. The SMILES string of the molecule is CCCCCCCC(=O)OC[C@H]1O[C@@H](n2ccc3c(N)ncnc32)[C@](C)(O)[C@@H]1O. The van der Waals surface area contributed by atoms with Gasteiger partial charge in [-0.2, -0.15) is 0 Å². The van der Waals surface area contributed by atoms with Crippen LogP contribution in [0.2, 0.25) is 0 Å². The Hall–Kier alpha value is -2.23. The van der Waals surface area contributed by atoms with Crippen molar-refractivity contribution in [3.8, 4) is 0 Å². The van der Waals surface area contributed by atoms with E-state index in [0.717, 1.165) is 32.1 Å². The molecule has 1 fully saturated rings. The van der Waals surface area contributed by atoms with Crippen LogP contribution in [0.15, 0.2) is 18.6 Å². The highest BCUT2D eigenvalue weighted by atomic mass is 16.6. The van der Waals surface area contributed by atoms with Crippen LogP contribution in [-0.2, 0) is 14.3 Å². The number of esters is 1. The van der Waals surface area contributed by atoms with Crippen molar-refractivity contribution >= 4 is 22.8 Å². The summed E-state index contributed by atoms with van der Waals surface area (Å²) in [5.74, 6) is -0.0105. The summed E-state index contributed by atoms with van der Waals surface area (Å²) in [5.41, 5.74) is 4.74. The second-order valence-corrected chi connectivity index (χ2v) is 7.76. The van der Waals surface area contributed by atoms with Crippen LogP contribution in [0.1, 0.15) is 58.6 Å². The van der Waals surface area contributed by atoms with Crippen LogP contribution >= 0.6 is 0 Å². The zero-order chi connectivity index (χ0) is 21.0. The predicted molar refractivity (Wildman–Crippen MR) is 107 cm³/mol. The molecule has 4 atom stereocenters. The summed E-state index contributed by atoms with van der Waals surface area (Å²) >= 11 is 0. The highest BCUT2D eigenvalue weighted by Gasteiger charge is 2.53. The lowest BCUT2D eigenvalue weighted by Gasteiger charge is -2.27. The van der Waals surface area contributed by atoms with E-state index in [9.17, 15) is 15.0 Å². The third-order valence-corrected chi connectivity index (χ3v) is 5.44.